The molecule has 0 saturated carbocycles. The van der Waals surface area contributed by atoms with Crippen molar-refractivity contribution in [1.82, 2.24) is 0 Å². The van der Waals surface area contributed by atoms with E-state index in [1.807, 2.05) is 12.1 Å². The number of carbonyl (C=O) groups is 3. The Labute approximate surface area is 126 Å². The summed E-state index contributed by atoms with van der Waals surface area (Å²) in [5, 5.41) is 0. The Kier molecular flexibility index (Phi) is 3.77. The molecule has 0 amide bonds. The van der Waals surface area contributed by atoms with E-state index in [-0.39, 0.29) is 12.2 Å². The fourth-order valence-corrected chi connectivity index (χ4v) is 2.46. The van der Waals surface area contributed by atoms with Crippen LogP contribution < -0.4 is 4.89 Å². The number of hydrogen-bond acceptors (Lipinski definition) is 6. The van der Waals surface area contributed by atoms with Crippen LogP contribution in [0.15, 0.2) is 30.0 Å². The number of cyclic esters (lactones) is 1. The highest BCUT2D eigenvalue weighted by atomic mass is 17.2. The summed E-state index contributed by atoms with van der Waals surface area (Å²) in [6, 6.07) is 5.53. The minimum absolute atomic E-state index is 0.0814. The highest BCUT2D eigenvalue weighted by molar-refractivity contribution is 6.22. The van der Waals surface area contributed by atoms with Gasteiger partial charge in [0.25, 0.3) is 0 Å². The van der Waals surface area contributed by atoms with Gasteiger partial charge >= 0.3 is 5.97 Å². The average Bonchev–Trinajstić information content (AvgIpc) is 2.91. The zero-order valence-corrected chi connectivity index (χ0v) is 12.0. The maximum atomic E-state index is 12.1. The lowest BCUT2D eigenvalue weighted by atomic mass is 9.92. The van der Waals surface area contributed by atoms with Crippen molar-refractivity contribution >= 4 is 17.5 Å². The second-order valence-corrected chi connectivity index (χ2v) is 5.27. The topological polar surface area (TPSA) is 78.9 Å². The van der Waals surface area contributed by atoms with Gasteiger partial charge < -0.3 is 9.62 Å². The lowest BCUT2D eigenvalue weighted by Crippen LogP contribution is -2.35. The third-order valence-electron chi connectivity index (χ3n) is 3.60. The minimum atomic E-state index is -1.34. The van der Waals surface area contributed by atoms with Gasteiger partial charge in [0.15, 0.2) is 23.2 Å². The highest BCUT2D eigenvalue weighted by Gasteiger charge is 2.37. The Morgan fingerprint density at radius 3 is 2.91 bits per heavy atom. The van der Waals surface area contributed by atoms with E-state index in [2.05, 4.69) is 0 Å². The summed E-state index contributed by atoms with van der Waals surface area (Å²) in [5.41, 5.74) is 1.82. The van der Waals surface area contributed by atoms with Crippen molar-refractivity contribution in [2.24, 2.45) is 5.92 Å². The molecule has 0 fully saturated rings. The van der Waals surface area contributed by atoms with Gasteiger partial charge in [0.05, 0.1) is 0 Å². The molecule has 22 heavy (non-hydrogen) atoms. The molecule has 0 saturated heterocycles. The van der Waals surface area contributed by atoms with Crippen LogP contribution in [0.2, 0.25) is 0 Å². The Hall–Kier alpha value is -2.47. The number of ketones is 2. The number of ether oxygens (including phenoxy) is 1. The van der Waals surface area contributed by atoms with Crippen LogP contribution in [-0.2, 0) is 37.0 Å². The first-order valence-corrected chi connectivity index (χ1v) is 6.92. The van der Waals surface area contributed by atoms with Gasteiger partial charge in [-0.25, -0.2) is 0 Å². The van der Waals surface area contributed by atoms with E-state index in [1.165, 1.54) is 13.0 Å². The number of esters is 1. The van der Waals surface area contributed by atoms with Crippen LogP contribution in [0.3, 0.4) is 0 Å². The van der Waals surface area contributed by atoms with Crippen molar-refractivity contribution in [3.8, 4) is 5.75 Å². The van der Waals surface area contributed by atoms with Crippen LogP contribution >= 0.6 is 0 Å². The van der Waals surface area contributed by atoms with Crippen molar-refractivity contribution in [2.45, 2.75) is 26.4 Å². The molecule has 0 aromatic heterocycles. The summed E-state index contributed by atoms with van der Waals surface area (Å²) in [5.74, 6) is -2.22. The zero-order chi connectivity index (χ0) is 15.7. The van der Waals surface area contributed by atoms with Gasteiger partial charge in [0.1, 0.15) is 12.4 Å². The van der Waals surface area contributed by atoms with E-state index in [4.69, 9.17) is 14.5 Å². The number of hydrogen-bond donors (Lipinski definition) is 0. The predicted molar refractivity (Wildman–Crippen MR) is 73.5 cm³/mol. The van der Waals surface area contributed by atoms with E-state index >= 15 is 0 Å². The van der Waals surface area contributed by atoms with Crippen LogP contribution in [0.4, 0.5) is 0 Å². The average molecular weight is 302 g/mol. The first kappa shape index (κ1) is 14.5. The Morgan fingerprint density at radius 1 is 1.32 bits per heavy atom. The fraction of sp³-hybridized carbons (Fsp3) is 0.312. The number of aryl methyl sites for hydroxylation is 1. The second kappa shape index (κ2) is 5.73. The molecule has 0 N–H and O–H groups in total. The molecule has 1 unspecified atom stereocenters. The summed E-state index contributed by atoms with van der Waals surface area (Å²) >= 11 is 0. The first-order chi connectivity index (χ1) is 10.5. The fourth-order valence-electron chi connectivity index (χ4n) is 2.46. The van der Waals surface area contributed by atoms with Gasteiger partial charge in [-0.05, 0) is 25.0 Å². The minimum Gasteiger partial charge on any atom is -0.430 e. The molecule has 2 aliphatic rings. The molecule has 1 aromatic rings. The smallest absolute Gasteiger partial charge is 0.329 e. The molecule has 0 bridgehead atoms. The molecule has 3 rings (SSSR count). The van der Waals surface area contributed by atoms with Crippen molar-refractivity contribution < 1.29 is 28.9 Å². The number of rotatable bonds is 4. The van der Waals surface area contributed by atoms with Crippen molar-refractivity contribution in [2.75, 3.05) is 0 Å². The summed E-state index contributed by atoms with van der Waals surface area (Å²) in [6.07, 6.45) is 1.68. The molecule has 114 valence electrons. The monoisotopic (exact) mass is 302 g/mol. The molecule has 2 heterocycles. The van der Waals surface area contributed by atoms with Crippen LogP contribution in [0, 0.1) is 5.92 Å². The summed E-state index contributed by atoms with van der Waals surface area (Å²) < 4.78 is 4.85. The van der Waals surface area contributed by atoms with Crippen LogP contribution in [-0.4, -0.2) is 17.5 Å². The lowest BCUT2D eigenvalue weighted by molar-refractivity contribution is -0.194. The molecular formula is C16H14O6. The number of Topliss-reactive ketones (excluding diaryl/α,β-unsaturated/α-hetero) is 1. The van der Waals surface area contributed by atoms with E-state index < -0.39 is 23.5 Å². The number of allylic oxidation sites excluding steroid dienone is 2. The summed E-state index contributed by atoms with van der Waals surface area (Å²) in [4.78, 5) is 45.4. The van der Waals surface area contributed by atoms with Gasteiger partial charge in [-0.2, -0.15) is 4.89 Å². The zero-order valence-electron chi connectivity index (χ0n) is 12.0. The van der Waals surface area contributed by atoms with E-state index in [1.54, 1.807) is 6.07 Å². The van der Waals surface area contributed by atoms with E-state index in [9.17, 15) is 14.4 Å². The van der Waals surface area contributed by atoms with Gasteiger partial charge in [0.2, 0.25) is 0 Å². The molecule has 0 spiro atoms. The maximum Gasteiger partial charge on any atom is 0.329 e. The van der Waals surface area contributed by atoms with Crippen molar-refractivity contribution in [3.05, 3.63) is 41.2 Å². The standard InChI is InChI=1S/C16H14O6/c1-9-6-13(18)15(16(19)21-9)12(17)5-3-10-2-4-11-8-20-22-14(11)7-10/h2,4,6-7,15H,3,5,8H2,1H3. The second-order valence-electron chi connectivity index (χ2n) is 5.27. The molecule has 6 nitrogen and oxygen atoms in total. The molecule has 6 heteroatoms. The number of fused-ring (bicyclic) bond motifs is 1. The largest absolute Gasteiger partial charge is 0.430 e. The first-order valence-electron chi connectivity index (χ1n) is 6.92. The maximum absolute atomic E-state index is 12.1. The number of benzene rings is 1. The van der Waals surface area contributed by atoms with Gasteiger partial charge in [-0.15, -0.1) is 0 Å². The molecule has 0 radical (unpaired) electrons. The molecule has 1 aromatic carbocycles. The Morgan fingerprint density at radius 2 is 2.14 bits per heavy atom. The predicted octanol–water partition coefficient (Wildman–Crippen LogP) is 1.66. The normalized spacial score (nSPS) is 20.0. The van der Waals surface area contributed by atoms with Crippen LogP contribution in [0.5, 0.6) is 5.75 Å². The van der Waals surface area contributed by atoms with Gasteiger partial charge in [-0.3, -0.25) is 14.4 Å². The van der Waals surface area contributed by atoms with Crippen LogP contribution in [0.1, 0.15) is 24.5 Å². The lowest BCUT2D eigenvalue weighted by Gasteiger charge is -2.17. The van der Waals surface area contributed by atoms with Crippen molar-refractivity contribution in [1.29, 1.82) is 0 Å². The van der Waals surface area contributed by atoms with E-state index in [0.717, 1.165) is 11.1 Å². The summed E-state index contributed by atoms with van der Waals surface area (Å²) in [6.45, 7) is 1.91. The van der Waals surface area contributed by atoms with Crippen molar-refractivity contribution in [3.63, 3.8) is 0 Å². The molecular weight excluding hydrogens is 288 g/mol. The Balaban J connectivity index is 1.65. The van der Waals surface area contributed by atoms with Gasteiger partial charge in [0, 0.05) is 18.1 Å². The SMILES string of the molecule is CC1=CC(=O)C(C(=O)CCc2ccc3c(c2)OOC3)C(=O)O1. The summed E-state index contributed by atoms with van der Waals surface area (Å²) in [7, 11) is 0. The highest BCUT2D eigenvalue weighted by Crippen LogP contribution is 2.27. The number of carbonyl (C=O) groups excluding carboxylic acids is 3. The quantitative estimate of drug-likeness (QED) is 0.478. The van der Waals surface area contributed by atoms with Gasteiger partial charge in [-0.1, -0.05) is 12.1 Å². The molecule has 1 atom stereocenters. The van der Waals surface area contributed by atoms with E-state index in [0.29, 0.717) is 18.8 Å². The third-order valence-corrected chi connectivity index (χ3v) is 3.60. The third kappa shape index (κ3) is 2.78. The molecule has 0 aliphatic carbocycles. The van der Waals surface area contributed by atoms with Crippen LogP contribution in [0.25, 0.3) is 0 Å². The Bertz CT molecular complexity index is 688. The molecule has 2 aliphatic heterocycles.